The fourth-order valence-corrected chi connectivity index (χ4v) is 2.52. The molecule has 0 aliphatic rings. The van der Waals surface area contributed by atoms with Gasteiger partial charge in [0, 0.05) is 18.4 Å². The van der Waals surface area contributed by atoms with Gasteiger partial charge in [0.05, 0.1) is 13.0 Å². The molecule has 0 fully saturated rings. The highest BCUT2D eigenvalue weighted by Crippen LogP contribution is 2.26. The molecule has 3 aromatic rings. The molecule has 3 rings (SSSR count). The fraction of sp³-hybridized carbons (Fsp3) is 0.158. The Bertz CT molecular complexity index is 804. The van der Waals surface area contributed by atoms with Crippen molar-refractivity contribution in [2.24, 2.45) is 0 Å². The SMILES string of the molecule is O=C(O)CC(NCc1ncc[nH]1)c1cccc(Oc2ccccc2)c1. The number of H-pyrrole nitrogens is 1. The molecule has 1 heterocycles. The Hall–Kier alpha value is -3.12. The number of aromatic amines is 1. The highest BCUT2D eigenvalue weighted by molar-refractivity contribution is 5.68. The lowest BCUT2D eigenvalue weighted by Gasteiger charge is -2.18. The molecule has 0 saturated heterocycles. The summed E-state index contributed by atoms with van der Waals surface area (Å²) in [5.74, 6) is 1.29. The Morgan fingerprint density at radius 1 is 1.16 bits per heavy atom. The van der Waals surface area contributed by atoms with Crippen molar-refractivity contribution in [2.75, 3.05) is 0 Å². The van der Waals surface area contributed by atoms with Crippen molar-refractivity contribution in [2.45, 2.75) is 19.0 Å². The average molecular weight is 337 g/mol. The van der Waals surface area contributed by atoms with Gasteiger partial charge in [-0.05, 0) is 29.8 Å². The second kappa shape index (κ2) is 8.12. The average Bonchev–Trinajstić information content (AvgIpc) is 3.13. The lowest BCUT2D eigenvalue weighted by molar-refractivity contribution is -0.137. The molecule has 3 N–H and O–H groups in total. The number of nitrogens with one attached hydrogen (secondary N) is 2. The quantitative estimate of drug-likeness (QED) is 0.585. The minimum Gasteiger partial charge on any atom is -0.481 e. The van der Waals surface area contributed by atoms with Crippen molar-refractivity contribution >= 4 is 5.97 Å². The molecule has 6 nitrogen and oxygen atoms in total. The van der Waals surface area contributed by atoms with Gasteiger partial charge in [0.25, 0.3) is 0 Å². The Kier molecular flexibility index (Phi) is 5.43. The van der Waals surface area contributed by atoms with E-state index in [1.54, 1.807) is 12.4 Å². The van der Waals surface area contributed by atoms with Crippen LogP contribution in [0.4, 0.5) is 0 Å². The summed E-state index contributed by atoms with van der Waals surface area (Å²) in [5.41, 5.74) is 0.849. The number of hydrogen-bond acceptors (Lipinski definition) is 4. The summed E-state index contributed by atoms with van der Waals surface area (Å²) >= 11 is 0. The molecule has 0 amide bonds. The predicted molar refractivity (Wildman–Crippen MR) is 93.4 cm³/mol. The van der Waals surface area contributed by atoms with Crippen LogP contribution >= 0.6 is 0 Å². The van der Waals surface area contributed by atoms with E-state index in [2.05, 4.69) is 15.3 Å². The van der Waals surface area contributed by atoms with Crippen molar-refractivity contribution in [1.82, 2.24) is 15.3 Å². The van der Waals surface area contributed by atoms with Crippen LogP contribution in [0.25, 0.3) is 0 Å². The maximum atomic E-state index is 11.2. The molecule has 6 heteroatoms. The number of para-hydroxylation sites is 1. The number of ether oxygens (including phenoxy) is 1. The zero-order valence-electron chi connectivity index (χ0n) is 13.6. The van der Waals surface area contributed by atoms with E-state index in [-0.39, 0.29) is 12.5 Å². The van der Waals surface area contributed by atoms with Crippen LogP contribution in [0.3, 0.4) is 0 Å². The molecule has 0 aliphatic carbocycles. The number of carboxylic acid groups (broad SMARTS) is 1. The van der Waals surface area contributed by atoms with E-state index in [0.717, 1.165) is 17.1 Å². The number of nitrogens with zero attached hydrogens (tertiary/aromatic N) is 1. The van der Waals surface area contributed by atoms with Crippen molar-refractivity contribution in [3.8, 4) is 11.5 Å². The molecule has 1 aromatic heterocycles. The summed E-state index contributed by atoms with van der Waals surface area (Å²) in [6.07, 6.45) is 3.37. The molecule has 0 radical (unpaired) electrons. The molecule has 0 bridgehead atoms. The van der Waals surface area contributed by atoms with Crippen LogP contribution < -0.4 is 10.1 Å². The maximum absolute atomic E-state index is 11.2. The normalized spacial score (nSPS) is 11.8. The van der Waals surface area contributed by atoms with Crippen LogP contribution in [0.5, 0.6) is 11.5 Å². The molecule has 0 aliphatic heterocycles. The van der Waals surface area contributed by atoms with Crippen LogP contribution in [-0.2, 0) is 11.3 Å². The van der Waals surface area contributed by atoms with Gasteiger partial charge >= 0.3 is 5.97 Å². The van der Waals surface area contributed by atoms with Gasteiger partial charge in [-0.25, -0.2) is 4.98 Å². The van der Waals surface area contributed by atoms with Crippen molar-refractivity contribution in [3.05, 3.63) is 78.4 Å². The molecule has 25 heavy (non-hydrogen) atoms. The number of carbonyl (C=O) groups is 1. The van der Waals surface area contributed by atoms with Gasteiger partial charge in [0.15, 0.2) is 0 Å². The second-order valence-corrected chi connectivity index (χ2v) is 5.55. The summed E-state index contributed by atoms with van der Waals surface area (Å²) in [6, 6.07) is 16.6. The van der Waals surface area contributed by atoms with E-state index in [0.29, 0.717) is 12.3 Å². The first-order valence-corrected chi connectivity index (χ1v) is 7.97. The summed E-state index contributed by atoms with van der Waals surface area (Å²) in [5, 5.41) is 12.4. The Morgan fingerprint density at radius 3 is 2.68 bits per heavy atom. The zero-order chi connectivity index (χ0) is 17.5. The van der Waals surface area contributed by atoms with Gasteiger partial charge in [0.2, 0.25) is 0 Å². The highest BCUT2D eigenvalue weighted by Gasteiger charge is 2.16. The van der Waals surface area contributed by atoms with E-state index >= 15 is 0 Å². The van der Waals surface area contributed by atoms with Crippen LogP contribution in [0.1, 0.15) is 23.9 Å². The van der Waals surface area contributed by atoms with Gasteiger partial charge in [-0.2, -0.15) is 0 Å². The summed E-state index contributed by atoms with van der Waals surface area (Å²) in [6.45, 7) is 0.453. The lowest BCUT2D eigenvalue weighted by Crippen LogP contribution is -2.24. The van der Waals surface area contributed by atoms with Gasteiger partial charge in [0.1, 0.15) is 17.3 Å². The maximum Gasteiger partial charge on any atom is 0.305 e. The molecule has 2 aromatic carbocycles. The number of rotatable bonds is 8. The van der Waals surface area contributed by atoms with Gasteiger partial charge in [-0.1, -0.05) is 30.3 Å². The monoisotopic (exact) mass is 337 g/mol. The van der Waals surface area contributed by atoms with Gasteiger partial charge in [-0.15, -0.1) is 0 Å². The minimum absolute atomic E-state index is 0.0322. The Labute approximate surface area is 145 Å². The van der Waals surface area contributed by atoms with Gasteiger partial charge in [-0.3, -0.25) is 4.79 Å². The molecule has 0 saturated carbocycles. The van der Waals surface area contributed by atoms with Crippen molar-refractivity contribution < 1.29 is 14.6 Å². The van der Waals surface area contributed by atoms with E-state index in [4.69, 9.17) is 4.74 Å². The topological polar surface area (TPSA) is 87.2 Å². The van der Waals surface area contributed by atoms with E-state index in [1.807, 2.05) is 54.6 Å². The number of benzene rings is 2. The molecular formula is C19H19N3O3. The summed E-state index contributed by atoms with van der Waals surface area (Å²) in [7, 11) is 0. The zero-order valence-corrected chi connectivity index (χ0v) is 13.6. The van der Waals surface area contributed by atoms with E-state index < -0.39 is 5.97 Å². The largest absolute Gasteiger partial charge is 0.481 e. The number of imidazole rings is 1. The number of carboxylic acids is 1. The fourth-order valence-electron chi connectivity index (χ4n) is 2.52. The summed E-state index contributed by atoms with van der Waals surface area (Å²) < 4.78 is 5.83. The lowest BCUT2D eigenvalue weighted by atomic mass is 10.0. The summed E-state index contributed by atoms with van der Waals surface area (Å²) in [4.78, 5) is 18.4. The molecular weight excluding hydrogens is 318 g/mol. The number of aliphatic carboxylic acids is 1. The number of hydrogen-bond donors (Lipinski definition) is 3. The smallest absolute Gasteiger partial charge is 0.305 e. The molecule has 0 spiro atoms. The standard InChI is InChI=1S/C19H19N3O3/c23-19(24)12-17(22-13-18-20-9-10-21-18)14-5-4-8-16(11-14)25-15-6-2-1-3-7-15/h1-11,17,22H,12-13H2,(H,20,21)(H,23,24). The van der Waals surface area contributed by atoms with Crippen LogP contribution in [0.2, 0.25) is 0 Å². The Morgan fingerprint density at radius 2 is 1.96 bits per heavy atom. The van der Waals surface area contributed by atoms with E-state index in [1.165, 1.54) is 0 Å². The second-order valence-electron chi connectivity index (χ2n) is 5.55. The molecule has 1 atom stereocenters. The van der Waals surface area contributed by atoms with Crippen molar-refractivity contribution in [1.29, 1.82) is 0 Å². The first-order chi connectivity index (χ1) is 12.2. The minimum atomic E-state index is -0.869. The molecule has 1 unspecified atom stereocenters. The molecule has 128 valence electrons. The van der Waals surface area contributed by atoms with Crippen molar-refractivity contribution in [3.63, 3.8) is 0 Å². The third kappa shape index (κ3) is 4.92. The van der Waals surface area contributed by atoms with Crippen LogP contribution in [0, 0.1) is 0 Å². The predicted octanol–water partition coefficient (Wildman–Crippen LogP) is 3.51. The first kappa shape index (κ1) is 16.7. The third-order valence-electron chi connectivity index (χ3n) is 3.69. The van der Waals surface area contributed by atoms with Gasteiger partial charge < -0.3 is 20.1 Å². The van der Waals surface area contributed by atoms with Crippen LogP contribution in [0.15, 0.2) is 67.0 Å². The highest BCUT2D eigenvalue weighted by atomic mass is 16.5. The van der Waals surface area contributed by atoms with Crippen LogP contribution in [-0.4, -0.2) is 21.0 Å². The number of aromatic nitrogens is 2. The first-order valence-electron chi connectivity index (χ1n) is 7.97. The van der Waals surface area contributed by atoms with E-state index in [9.17, 15) is 9.90 Å². The Balaban J connectivity index is 1.75. The third-order valence-corrected chi connectivity index (χ3v) is 3.69.